The van der Waals surface area contributed by atoms with Crippen LogP contribution in [0.15, 0.2) is 30.3 Å². The largest absolute Gasteiger partial charge is 0.268 e. The van der Waals surface area contributed by atoms with Crippen LogP contribution in [-0.4, -0.2) is 19.1 Å². The van der Waals surface area contributed by atoms with Crippen molar-refractivity contribution in [3.63, 3.8) is 0 Å². The lowest BCUT2D eigenvalue weighted by Crippen LogP contribution is -2.38. The Morgan fingerprint density at radius 1 is 1.25 bits per heavy atom. The van der Waals surface area contributed by atoms with Crippen molar-refractivity contribution in [3.8, 4) is 0 Å². The smallest absolute Gasteiger partial charge is 0.264 e. The maximum absolute atomic E-state index is 11.8. The van der Waals surface area contributed by atoms with E-state index in [1.807, 2.05) is 0 Å². The summed E-state index contributed by atoms with van der Waals surface area (Å²) in [4.78, 5) is 11.6. The van der Waals surface area contributed by atoms with Gasteiger partial charge in [-0.15, -0.1) is 0 Å². The molecule has 2 rings (SSSR count). The number of rotatable bonds is 3. The minimum atomic E-state index is -3.53. The van der Waals surface area contributed by atoms with Gasteiger partial charge in [-0.2, -0.15) is 0 Å². The highest BCUT2D eigenvalue weighted by molar-refractivity contribution is 7.91. The summed E-state index contributed by atoms with van der Waals surface area (Å²) in [5.74, 6) is -0.561. The van der Waals surface area contributed by atoms with Crippen molar-refractivity contribution in [1.29, 1.82) is 0 Å². The van der Waals surface area contributed by atoms with Gasteiger partial charge in [0.1, 0.15) is 0 Å². The molecule has 4 nitrogen and oxygen atoms in total. The van der Waals surface area contributed by atoms with E-state index in [-0.39, 0.29) is 0 Å². The minimum absolute atomic E-state index is 0.357. The first-order valence-electron chi connectivity index (χ1n) is 5.06. The molecule has 1 aromatic carbocycles. The number of hydrogen-bond acceptors (Lipinski definition) is 3. The summed E-state index contributed by atoms with van der Waals surface area (Å²) in [6.45, 7) is 1.65. The molecule has 86 valence electrons. The van der Waals surface area contributed by atoms with Gasteiger partial charge < -0.3 is 0 Å². The second kappa shape index (κ2) is 3.59. The summed E-state index contributed by atoms with van der Waals surface area (Å²) >= 11 is 0. The van der Waals surface area contributed by atoms with E-state index in [4.69, 9.17) is 0 Å². The Morgan fingerprint density at radius 3 is 2.31 bits per heavy atom. The maximum atomic E-state index is 11.8. The highest BCUT2D eigenvalue weighted by atomic mass is 32.2. The van der Waals surface area contributed by atoms with Crippen LogP contribution in [0.2, 0.25) is 0 Å². The third-order valence-electron chi connectivity index (χ3n) is 2.87. The molecule has 0 aromatic heterocycles. The Balaban J connectivity index is 2.15. The van der Waals surface area contributed by atoms with E-state index in [0.717, 1.165) is 0 Å². The lowest BCUT2D eigenvalue weighted by molar-refractivity contribution is 0.0981. The molecular weight excluding hydrogens is 226 g/mol. The molecule has 1 fully saturated rings. The Morgan fingerprint density at radius 2 is 1.81 bits per heavy atom. The van der Waals surface area contributed by atoms with Crippen molar-refractivity contribution in [2.45, 2.75) is 24.5 Å². The fraction of sp³-hybridized carbons (Fsp3) is 0.364. The van der Waals surface area contributed by atoms with E-state index in [1.165, 1.54) is 0 Å². The molecule has 0 bridgehead atoms. The standard InChI is InChI=1S/C11H13NO3S/c1-11(7-8-11)16(14,15)12-10(13)9-5-3-2-4-6-9/h2-6H,7-8H2,1H3,(H,12,13). The van der Waals surface area contributed by atoms with E-state index in [1.54, 1.807) is 37.3 Å². The first-order chi connectivity index (χ1) is 7.45. The van der Waals surface area contributed by atoms with Crippen molar-refractivity contribution in [2.75, 3.05) is 0 Å². The zero-order chi connectivity index (χ0) is 11.8. The number of carbonyl (C=O) groups is 1. The van der Waals surface area contributed by atoms with E-state index in [0.29, 0.717) is 18.4 Å². The van der Waals surface area contributed by atoms with Gasteiger partial charge in [0.15, 0.2) is 0 Å². The molecule has 1 N–H and O–H groups in total. The topological polar surface area (TPSA) is 63.2 Å². The van der Waals surface area contributed by atoms with Crippen molar-refractivity contribution >= 4 is 15.9 Å². The van der Waals surface area contributed by atoms with Gasteiger partial charge in [-0.25, -0.2) is 13.1 Å². The summed E-state index contributed by atoms with van der Waals surface area (Å²) in [6.07, 6.45) is 1.23. The van der Waals surface area contributed by atoms with Gasteiger partial charge in [0.25, 0.3) is 5.91 Å². The monoisotopic (exact) mass is 239 g/mol. The van der Waals surface area contributed by atoms with Gasteiger partial charge in [0.05, 0.1) is 4.75 Å². The maximum Gasteiger partial charge on any atom is 0.264 e. The molecule has 0 heterocycles. The normalized spacial score (nSPS) is 17.8. The van der Waals surface area contributed by atoms with E-state index in [2.05, 4.69) is 4.72 Å². The Bertz CT molecular complexity index is 503. The molecule has 1 aliphatic rings. The molecule has 1 saturated carbocycles. The fourth-order valence-corrected chi connectivity index (χ4v) is 2.59. The number of hydrogen-bond donors (Lipinski definition) is 1. The van der Waals surface area contributed by atoms with Gasteiger partial charge >= 0.3 is 0 Å². The van der Waals surface area contributed by atoms with Crippen LogP contribution in [0, 0.1) is 0 Å². The van der Waals surface area contributed by atoms with E-state index in [9.17, 15) is 13.2 Å². The van der Waals surface area contributed by atoms with Gasteiger partial charge in [-0.05, 0) is 31.9 Å². The van der Waals surface area contributed by atoms with Gasteiger partial charge in [-0.1, -0.05) is 18.2 Å². The number of nitrogens with one attached hydrogen (secondary N) is 1. The first-order valence-corrected chi connectivity index (χ1v) is 6.55. The zero-order valence-corrected chi connectivity index (χ0v) is 9.75. The Labute approximate surface area is 94.7 Å². The van der Waals surface area contributed by atoms with Crippen molar-refractivity contribution in [2.24, 2.45) is 0 Å². The molecule has 1 aliphatic carbocycles. The molecule has 16 heavy (non-hydrogen) atoms. The summed E-state index contributed by atoms with van der Waals surface area (Å²) in [5.41, 5.74) is 0.357. The molecule has 0 unspecified atom stereocenters. The minimum Gasteiger partial charge on any atom is -0.268 e. The second-order valence-electron chi connectivity index (χ2n) is 4.25. The summed E-state index contributed by atoms with van der Waals surface area (Å²) in [7, 11) is -3.53. The third-order valence-corrected chi connectivity index (χ3v) is 5.03. The fourth-order valence-electron chi connectivity index (χ4n) is 1.34. The SMILES string of the molecule is CC1(S(=O)(=O)NC(=O)c2ccccc2)CC1. The van der Waals surface area contributed by atoms with E-state index >= 15 is 0 Å². The van der Waals surface area contributed by atoms with Gasteiger partial charge in [0, 0.05) is 5.56 Å². The molecular formula is C11H13NO3S. The lowest BCUT2D eigenvalue weighted by atomic mass is 10.2. The third kappa shape index (κ3) is 1.95. The van der Waals surface area contributed by atoms with Crippen LogP contribution in [0.4, 0.5) is 0 Å². The van der Waals surface area contributed by atoms with Gasteiger partial charge in [-0.3, -0.25) is 4.79 Å². The summed E-state index contributed by atoms with van der Waals surface area (Å²) in [6, 6.07) is 8.33. The Hall–Kier alpha value is -1.36. The zero-order valence-electron chi connectivity index (χ0n) is 8.93. The number of amides is 1. The molecule has 0 saturated heterocycles. The highest BCUT2D eigenvalue weighted by Gasteiger charge is 2.50. The van der Waals surface area contributed by atoms with Crippen LogP contribution in [0.1, 0.15) is 30.1 Å². The van der Waals surface area contributed by atoms with Crippen LogP contribution < -0.4 is 4.72 Å². The van der Waals surface area contributed by atoms with Crippen LogP contribution in [0.3, 0.4) is 0 Å². The van der Waals surface area contributed by atoms with Crippen molar-refractivity contribution in [3.05, 3.63) is 35.9 Å². The average molecular weight is 239 g/mol. The summed E-state index contributed by atoms with van der Waals surface area (Å²) < 4.78 is 24.9. The second-order valence-corrected chi connectivity index (χ2v) is 6.45. The number of sulfonamides is 1. The van der Waals surface area contributed by atoms with Crippen molar-refractivity contribution < 1.29 is 13.2 Å². The molecule has 0 aliphatic heterocycles. The predicted octanol–water partition coefficient (Wildman–Crippen LogP) is 1.30. The van der Waals surface area contributed by atoms with E-state index < -0.39 is 20.7 Å². The van der Waals surface area contributed by atoms with Crippen LogP contribution >= 0.6 is 0 Å². The average Bonchev–Trinajstić information content (AvgIpc) is 2.99. The van der Waals surface area contributed by atoms with Crippen LogP contribution in [0.5, 0.6) is 0 Å². The Kier molecular flexibility index (Phi) is 2.50. The molecule has 5 heteroatoms. The van der Waals surface area contributed by atoms with Crippen molar-refractivity contribution in [1.82, 2.24) is 4.72 Å². The molecule has 0 radical (unpaired) electrons. The molecule has 0 atom stereocenters. The quantitative estimate of drug-likeness (QED) is 0.864. The van der Waals surface area contributed by atoms with Crippen LogP contribution in [0.25, 0.3) is 0 Å². The first kappa shape index (κ1) is 11.1. The molecule has 1 aromatic rings. The molecule has 0 spiro atoms. The number of benzene rings is 1. The predicted molar refractivity (Wildman–Crippen MR) is 60.5 cm³/mol. The lowest BCUT2D eigenvalue weighted by Gasteiger charge is -2.11. The van der Waals surface area contributed by atoms with Crippen LogP contribution in [-0.2, 0) is 10.0 Å². The number of carbonyl (C=O) groups excluding carboxylic acids is 1. The van der Waals surface area contributed by atoms with Gasteiger partial charge in [0.2, 0.25) is 10.0 Å². The summed E-state index contributed by atoms with van der Waals surface area (Å²) in [5, 5.41) is 0. The molecule has 1 amide bonds. The highest BCUT2D eigenvalue weighted by Crippen LogP contribution is 2.42.